The standard InChI is InChI=1S/C14H24N2O/c1-3-10-16(11-4-9-15)12-13-5-7-14(17-2)8-6-13/h5-8H,3-4,9-12,15H2,1-2H3. The highest BCUT2D eigenvalue weighted by molar-refractivity contribution is 5.27. The number of hydrogen-bond donors (Lipinski definition) is 1. The maximum Gasteiger partial charge on any atom is 0.118 e. The van der Waals surface area contributed by atoms with Crippen LogP contribution in [0.2, 0.25) is 0 Å². The molecule has 0 saturated carbocycles. The maximum absolute atomic E-state index is 5.56. The molecule has 0 atom stereocenters. The van der Waals surface area contributed by atoms with Crippen LogP contribution in [-0.4, -0.2) is 31.6 Å². The van der Waals surface area contributed by atoms with Crippen molar-refractivity contribution in [3.63, 3.8) is 0 Å². The number of methoxy groups -OCH3 is 1. The van der Waals surface area contributed by atoms with Crippen LogP contribution in [0, 0.1) is 0 Å². The van der Waals surface area contributed by atoms with E-state index in [1.165, 1.54) is 12.0 Å². The molecule has 0 aromatic heterocycles. The van der Waals surface area contributed by atoms with Gasteiger partial charge in [-0.3, -0.25) is 4.90 Å². The smallest absolute Gasteiger partial charge is 0.118 e. The van der Waals surface area contributed by atoms with Gasteiger partial charge in [0.25, 0.3) is 0 Å². The molecule has 0 fully saturated rings. The molecule has 0 saturated heterocycles. The second kappa shape index (κ2) is 8.09. The molecule has 0 aliphatic heterocycles. The SMILES string of the molecule is CCCN(CCCN)Cc1ccc(OC)cc1. The zero-order valence-electron chi connectivity index (χ0n) is 11.0. The second-order valence-electron chi connectivity index (χ2n) is 4.27. The monoisotopic (exact) mass is 236 g/mol. The summed E-state index contributed by atoms with van der Waals surface area (Å²) in [5.74, 6) is 0.915. The molecule has 1 aromatic rings. The molecule has 0 spiro atoms. The molecule has 0 amide bonds. The average Bonchev–Trinajstić information content (AvgIpc) is 2.37. The van der Waals surface area contributed by atoms with E-state index in [4.69, 9.17) is 10.5 Å². The van der Waals surface area contributed by atoms with Crippen molar-refractivity contribution in [1.29, 1.82) is 0 Å². The highest BCUT2D eigenvalue weighted by atomic mass is 16.5. The third-order valence-corrected chi connectivity index (χ3v) is 2.78. The van der Waals surface area contributed by atoms with Crippen molar-refractivity contribution in [1.82, 2.24) is 4.90 Å². The van der Waals surface area contributed by atoms with Gasteiger partial charge >= 0.3 is 0 Å². The predicted molar refractivity (Wildman–Crippen MR) is 72.2 cm³/mol. The summed E-state index contributed by atoms with van der Waals surface area (Å²) in [5.41, 5.74) is 6.89. The summed E-state index contributed by atoms with van der Waals surface area (Å²) in [7, 11) is 1.69. The molecule has 0 aliphatic carbocycles. The number of hydrogen-bond acceptors (Lipinski definition) is 3. The van der Waals surface area contributed by atoms with Crippen molar-refractivity contribution >= 4 is 0 Å². The van der Waals surface area contributed by atoms with Crippen LogP contribution in [0.5, 0.6) is 5.75 Å². The van der Waals surface area contributed by atoms with E-state index in [1.807, 2.05) is 12.1 Å². The molecule has 3 heteroatoms. The van der Waals surface area contributed by atoms with Crippen LogP contribution in [0.4, 0.5) is 0 Å². The fraction of sp³-hybridized carbons (Fsp3) is 0.571. The Morgan fingerprint density at radius 3 is 2.41 bits per heavy atom. The van der Waals surface area contributed by atoms with Crippen molar-refractivity contribution < 1.29 is 4.74 Å². The lowest BCUT2D eigenvalue weighted by atomic mass is 10.2. The van der Waals surface area contributed by atoms with E-state index in [1.54, 1.807) is 7.11 Å². The van der Waals surface area contributed by atoms with Gasteiger partial charge < -0.3 is 10.5 Å². The fourth-order valence-electron chi connectivity index (χ4n) is 1.89. The number of benzene rings is 1. The summed E-state index contributed by atoms with van der Waals surface area (Å²) in [6.07, 6.45) is 2.25. The third-order valence-electron chi connectivity index (χ3n) is 2.78. The first-order chi connectivity index (χ1) is 8.30. The Morgan fingerprint density at radius 2 is 1.88 bits per heavy atom. The van der Waals surface area contributed by atoms with Gasteiger partial charge in [0.1, 0.15) is 5.75 Å². The van der Waals surface area contributed by atoms with Gasteiger partial charge in [-0.05, 0) is 50.2 Å². The number of rotatable bonds is 8. The lowest BCUT2D eigenvalue weighted by Crippen LogP contribution is -2.26. The van der Waals surface area contributed by atoms with Gasteiger partial charge in [-0.1, -0.05) is 19.1 Å². The topological polar surface area (TPSA) is 38.5 Å². The summed E-state index contributed by atoms with van der Waals surface area (Å²) >= 11 is 0. The van der Waals surface area contributed by atoms with Gasteiger partial charge in [-0.2, -0.15) is 0 Å². The molecular formula is C14H24N2O. The van der Waals surface area contributed by atoms with Crippen molar-refractivity contribution in [2.24, 2.45) is 5.73 Å². The van der Waals surface area contributed by atoms with Gasteiger partial charge in [0.2, 0.25) is 0 Å². The first kappa shape index (κ1) is 14.0. The van der Waals surface area contributed by atoms with Crippen LogP contribution in [-0.2, 0) is 6.54 Å². The second-order valence-corrected chi connectivity index (χ2v) is 4.27. The third kappa shape index (κ3) is 5.20. The highest BCUT2D eigenvalue weighted by Gasteiger charge is 2.04. The van der Waals surface area contributed by atoms with Crippen LogP contribution in [0.1, 0.15) is 25.3 Å². The minimum atomic E-state index is 0.767. The molecule has 96 valence electrons. The average molecular weight is 236 g/mol. The highest BCUT2D eigenvalue weighted by Crippen LogP contribution is 2.13. The van der Waals surface area contributed by atoms with Gasteiger partial charge in [-0.15, -0.1) is 0 Å². The Morgan fingerprint density at radius 1 is 1.18 bits per heavy atom. The summed E-state index contributed by atoms with van der Waals surface area (Å²) in [6.45, 7) is 6.19. The Kier molecular flexibility index (Phi) is 6.67. The van der Waals surface area contributed by atoms with E-state index in [9.17, 15) is 0 Å². The Bertz CT molecular complexity index is 298. The molecule has 0 bridgehead atoms. The molecule has 2 N–H and O–H groups in total. The summed E-state index contributed by atoms with van der Waals surface area (Å²) in [4.78, 5) is 2.45. The van der Waals surface area contributed by atoms with Crippen molar-refractivity contribution in [3.8, 4) is 5.75 Å². The summed E-state index contributed by atoms with van der Waals surface area (Å²) in [5, 5.41) is 0. The molecule has 0 unspecified atom stereocenters. The molecule has 1 aromatic carbocycles. The molecule has 0 heterocycles. The van der Waals surface area contributed by atoms with E-state index in [0.717, 1.165) is 38.3 Å². The first-order valence-corrected chi connectivity index (χ1v) is 6.35. The molecular weight excluding hydrogens is 212 g/mol. The van der Waals surface area contributed by atoms with Crippen molar-refractivity contribution in [2.75, 3.05) is 26.7 Å². The summed E-state index contributed by atoms with van der Waals surface area (Å²) < 4.78 is 5.16. The molecule has 17 heavy (non-hydrogen) atoms. The zero-order valence-corrected chi connectivity index (χ0v) is 11.0. The van der Waals surface area contributed by atoms with Gasteiger partial charge in [0, 0.05) is 6.54 Å². The maximum atomic E-state index is 5.56. The van der Waals surface area contributed by atoms with Crippen LogP contribution in [0.15, 0.2) is 24.3 Å². The van der Waals surface area contributed by atoms with Gasteiger partial charge in [-0.25, -0.2) is 0 Å². The molecule has 0 radical (unpaired) electrons. The number of nitrogens with two attached hydrogens (primary N) is 1. The van der Waals surface area contributed by atoms with Gasteiger partial charge in [0.15, 0.2) is 0 Å². The molecule has 0 aliphatic rings. The first-order valence-electron chi connectivity index (χ1n) is 6.35. The number of nitrogens with zero attached hydrogens (tertiary/aromatic N) is 1. The van der Waals surface area contributed by atoms with Crippen LogP contribution in [0.25, 0.3) is 0 Å². The summed E-state index contributed by atoms with van der Waals surface area (Å²) in [6, 6.07) is 8.29. The fourth-order valence-corrected chi connectivity index (χ4v) is 1.89. The normalized spacial score (nSPS) is 10.8. The van der Waals surface area contributed by atoms with Gasteiger partial charge in [0.05, 0.1) is 7.11 Å². The molecule has 3 nitrogen and oxygen atoms in total. The predicted octanol–water partition coefficient (Wildman–Crippen LogP) is 2.26. The van der Waals surface area contributed by atoms with Crippen LogP contribution >= 0.6 is 0 Å². The quantitative estimate of drug-likeness (QED) is 0.752. The Hall–Kier alpha value is -1.06. The Labute approximate surface area is 105 Å². The Balaban J connectivity index is 2.51. The van der Waals surface area contributed by atoms with Crippen molar-refractivity contribution in [3.05, 3.63) is 29.8 Å². The van der Waals surface area contributed by atoms with E-state index in [2.05, 4.69) is 24.0 Å². The zero-order chi connectivity index (χ0) is 12.5. The minimum Gasteiger partial charge on any atom is -0.497 e. The van der Waals surface area contributed by atoms with E-state index < -0.39 is 0 Å². The van der Waals surface area contributed by atoms with Crippen molar-refractivity contribution in [2.45, 2.75) is 26.3 Å². The van der Waals surface area contributed by atoms with E-state index in [-0.39, 0.29) is 0 Å². The lowest BCUT2D eigenvalue weighted by Gasteiger charge is -2.21. The van der Waals surface area contributed by atoms with E-state index >= 15 is 0 Å². The van der Waals surface area contributed by atoms with Crippen LogP contribution < -0.4 is 10.5 Å². The van der Waals surface area contributed by atoms with Crippen LogP contribution in [0.3, 0.4) is 0 Å². The minimum absolute atomic E-state index is 0.767. The number of ether oxygens (including phenoxy) is 1. The largest absolute Gasteiger partial charge is 0.497 e. The lowest BCUT2D eigenvalue weighted by molar-refractivity contribution is 0.264. The molecule has 1 rings (SSSR count). The van der Waals surface area contributed by atoms with E-state index in [0.29, 0.717) is 0 Å².